The molecule has 0 aliphatic heterocycles. The van der Waals surface area contributed by atoms with E-state index < -0.39 is 0 Å². The Hall–Kier alpha value is -1.87. The minimum absolute atomic E-state index is 0.0318. The van der Waals surface area contributed by atoms with Crippen LogP contribution in [0.5, 0.6) is 0 Å². The molecule has 2 rings (SSSR count). The van der Waals surface area contributed by atoms with Crippen molar-refractivity contribution in [1.29, 1.82) is 0 Å². The van der Waals surface area contributed by atoms with Gasteiger partial charge >= 0.3 is 0 Å². The van der Waals surface area contributed by atoms with Crippen LogP contribution in [0.25, 0.3) is 0 Å². The van der Waals surface area contributed by atoms with Gasteiger partial charge in [-0.3, -0.25) is 4.79 Å². The fraction of sp³-hybridized carbons (Fsp3) is 0.278. The molecule has 0 radical (unpaired) electrons. The normalized spacial score (nSPS) is 12.0. The van der Waals surface area contributed by atoms with E-state index in [1.54, 1.807) is 19.2 Å². The first-order valence-corrected chi connectivity index (χ1v) is 7.58. The predicted molar refractivity (Wildman–Crippen MR) is 87.4 cm³/mol. The van der Waals surface area contributed by atoms with Gasteiger partial charge in [-0.05, 0) is 23.6 Å². The highest BCUT2D eigenvalue weighted by Crippen LogP contribution is 2.23. The maximum atomic E-state index is 13.8. The van der Waals surface area contributed by atoms with E-state index >= 15 is 0 Å². The van der Waals surface area contributed by atoms with Crippen LogP contribution in [0.4, 0.5) is 4.39 Å². The largest absolute Gasteiger partial charge is 0.341 e. The Morgan fingerprint density at radius 2 is 1.86 bits per heavy atom. The summed E-state index contributed by atoms with van der Waals surface area (Å²) >= 11 is 6.00. The molecule has 0 saturated carbocycles. The zero-order valence-electron chi connectivity index (χ0n) is 12.7. The molecule has 2 aromatic carbocycles. The molecule has 1 unspecified atom stereocenters. The zero-order chi connectivity index (χ0) is 16.1. The first-order chi connectivity index (χ1) is 10.5. The van der Waals surface area contributed by atoms with Crippen LogP contribution in [0, 0.1) is 5.82 Å². The summed E-state index contributed by atoms with van der Waals surface area (Å²) in [6.07, 6.45) is 0.382. The van der Waals surface area contributed by atoms with Crippen molar-refractivity contribution < 1.29 is 9.18 Å². The minimum atomic E-state index is -0.386. The highest BCUT2D eigenvalue weighted by Gasteiger charge is 2.17. The van der Waals surface area contributed by atoms with Crippen LogP contribution in [0.15, 0.2) is 48.5 Å². The number of hydrogen-bond acceptors (Lipinski definition) is 1. The Bertz CT molecular complexity index is 625. The number of carbonyl (C=O) groups excluding carboxylic acids is 1. The highest BCUT2D eigenvalue weighted by atomic mass is 35.5. The van der Waals surface area contributed by atoms with Gasteiger partial charge in [0.1, 0.15) is 5.82 Å². The van der Waals surface area contributed by atoms with Gasteiger partial charge in [0.05, 0.1) is 0 Å². The number of hydrogen-bond donors (Lipinski definition) is 0. The average Bonchev–Trinajstić information content (AvgIpc) is 2.51. The van der Waals surface area contributed by atoms with E-state index in [0.717, 1.165) is 5.56 Å². The quantitative estimate of drug-likeness (QED) is 0.786. The SMILES string of the molecule is CC(CC(=O)N(C)Cc1c(F)cccc1Cl)c1ccccc1. The Morgan fingerprint density at radius 1 is 1.18 bits per heavy atom. The molecule has 0 N–H and O–H groups in total. The topological polar surface area (TPSA) is 20.3 Å². The predicted octanol–water partition coefficient (Wildman–Crippen LogP) is 4.63. The molecular weight excluding hydrogens is 301 g/mol. The Morgan fingerprint density at radius 3 is 2.50 bits per heavy atom. The van der Waals surface area contributed by atoms with Gasteiger partial charge in [0, 0.05) is 30.6 Å². The lowest BCUT2D eigenvalue weighted by Gasteiger charge is -2.20. The summed E-state index contributed by atoms with van der Waals surface area (Å²) in [6, 6.07) is 14.4. The molecule has 2 nitrogen and oxygen atoms in total. The van der Waals surface area contributed by atoms with Crippen molar-refractivity contribution in [3.8, 4) is 0 Å². The van der Waals surface area contributed by atoms with Crippen molar-refractivity contribution >= 4 is 17.5 Å². The third kappa shape index (κ3) is 4.08. The maximum Gasteiger partial charge on any atom is 0.223 e. The lowest BCUT2D eigenvalue weighted by molar-refractivity contribution is -0.130. The van der Waals surface area contributed by atoms with E-state index in [1.807, 2.05) is 37.3 Å². The summed E-state index contributed by atoms with van der Waals surface area (Å²) in [7, 11) is 1.67. The smallest absolute Gasteiger partial charge is 0.223 e. The molecule has 0 aliphatic carbocycles. The highest BCUT2D eigenvalue weighted by molar-refractivity contribution is 6.31. The maximum absolute atomic E-state index is 13.8. The number of halogens is 2. The van der Waals surface area contributed by atoms with Crippen molar-refractivity contribution in [3.63, 3.8) is 0 Å². The minimum Gasteiger partial charge on any atom is -0.341 e. The van der Waals surface area contributed by atoms with Crippen LogP contribution in [0.3, 0.4) is 0 Å². The molecule has 0 heterocycles. The van der Waals surface area contributed by atoms with Gasteiger partial charge in [-0.2, -0.15) is 0 Å². The van der Waals surface area contributed by atoms with Gasteiger partial charge in [-0.15, -0.1) is 0 Å². The summed E-state index contributed by atoms with van der Waals surface area (Å²) < 4.78 is 13.8. The molecular formula is C18H19ClFNO. The molecule has 0 spiro atoms. The summed E-state index contributed by atoms with van der Waals surface area (Å²) in [5.74, 6) is -0.300. The Kier molecular flexibility index (Phi) is 5.56. The fourth-order valence-corrected chi connectivity index (χ4v) is 2.55. The molecule has 22 heavy (non-hydrogen) atoms. The second-order valence-corrected chi connectivity index (χ2v) is 5.87. The summed E-state index contributed by atoms with van der Waals surface area (Å²) in [5, 5.41) is 0.343. The second-order valence-electron chi connectivity index (χ2n) is 5.47. The third-order valence-electron chi connectivity index (χ3n) is 3.73. The Balaban J connectivity index is 2.01. The van der Waals surface area contributed by atoms with Crippen LogP contribution < -0.4 is 0 Å². The zero-order valence-corrected chi connectivity index (χ0v) is 13.5. The first kappa shape index (κ1) is 16.5. The van der Waals surface area contributed by atoms with Crippen molar-refractivity contribution in [3.05, 3.63) is 70.5 Å². The molecule has 4 heteroatoms. The van der Waals surface area contributed by atoms with Crippen LogP contribution in [0.1, 0.15) is 30.4 Å². The monoisotopic (exact) mass is 319 g/mol. The molecule has 1 atom stereocenters. The number of amides is 1. The summed E-state index contributed by atoms with van der Waals surface area (Å²) in [5.41, 5.74) is 1.47. The second kappa shape index (κ2) is 7.41. The van der Waals surface area contributed by atoms with Crippen molar-refractivity contribution in [2.75, 3.05) is 7.05 Å². The number of carbonyl (C=O) groups is 1. The van der Waals surface area contributed by atoms with E-state index in [2.05, 4.69) is 0 Å². The van der Waals surface area contributed by atoms with Crippen molar-refractivity contribution in [2.24, 2.45) is 0 Å². The molecule has 116 valence electrons. The van der Waals surface area contributed by atoms with Crippen LogP contribution in [-0.4, -0.2) is 17.9 Å². The lowest BCUT2D eigenvalue weighted by atomic mass is 9.97. The van der Waals surface area contributed by atoms with Crippen molar-refractivity contribution in [2.45, 2.75) is 25.8 Å². The van der Waals surface area contributed by atoms with Crippen molar-refractivity contribution in [1.82, 2.24) is 4.90 Å². The summed E-state index contributed by atoms with van der Waals surface area (Å²) in [6.45, 7) is 2.18. The molecule has 0 saturated heterocycles. The van der Waals surface area contributed by atoms with E-state index in [1.165, 1.54) is 11.0 Å². The number of benzene rings is 2. The molecule has 0 aliphatic rings. The Labute approximate surface area is 135 Å². The van der Waals surface area contributed by atoms with E-state index in [0.29, 0.717) is 17.0 Å². The molecule has 0 bridgehead atoms. The number of rotatable bonds is 5. The van der Waals surface area contributed by atoms with Gasteiger partial charge in [0.15, 0.2) is 0 Å². The van der Waals surface area contributed by atoms with Crippen LogP contribution >= 0.6 is 11.6 Å². The summed E-state index contributed by atoms with van der Waals surface area (Å²) in [4.78, 5) is 13.8. The lowest BCUT2D eigenvalue weighted by Crippen LogP contribution is -2.27. The van der Waals surface area contributed by atoms with Gasteiger partial charge in [-0.1, -0.05) is 54.9 Å². The van der Waals surface area contributed by atoms with E-state index in [4.69, 9.17) is 11.6 Å². The standard InChI is InChI=1S/C18H19ClFNO/c1-13(14-7-4-3-5-8-14)11-18(22)21(2)12-15-16(19)9-6-10-17(15)20/h3-10,13H,11-12H2,1-2H3. The van der Waals surface area contributed by atoms with E-state index in [-0.39, 0.29) is 24.2 Å². The molecule has 2 aromatic rings. The van der Waals surface area contributed by atoms with Crippen LogP contribution in [0.2, 0.25) is 5.02 Å². The molecule has 1 amide bonds. The van der Waals surface area contributed by atoms with Gasteiger partial charge in [0.2, 0.25) is 5.91 Å². The number of nitrogens with zero attached hydrogens (tertiary/aromatic N) is 1. The van der Waals surface area contributed by atoms with Crippen LogP contribution in [-0.2, 0) is 11.3 Å². The van der Waals surface area contributed by atoms with Gasteiger partial charge in [-0.25, -0.2) is 4.39 Å². The fourth-order valence-electron chi connectivity index (χ4n) is 2.33. The molecule has 0 aromatic heterocycles. The first-order valence-electron chi connectivity index (χ1n) is 7.21. The average molecular weight is 320 g/mol. The third-order valence-corrected chi connectivity index (χ3v) is 4.09. The van der Waals surface area contributed by atoms with Gasteiger partial charge in [0.25, 0.3) is 0 Å². The van der Waals surface area contributed by atoms with E-state index in [9.17, 15) is 9.18 Å². The van der Waals surface area contributed by atoms with Gasteiger partial charge < -0.3 is 4.90 Å². The molecule has 0 fully saturated rings.